The molecule has 0 aromatic carbocycles. The standard InChI is InChI=1S/C9H18F2N2/c1-9(7-12)2-4-13(5-3-9)6-8(10)11/h8H,2-7,12H2,1H3. The molecule has 0 spiro atoms. The molecule has 1 rings (SSSR count). The highest BCUT2D eigenvalue weighted by Gasteiger charge is 2.29. The maximum atomic E-state index is 12.0. The van der Waals surface area contributed by atoms with Crippen LogP contribution in [0.3, 0.4) is 0 Å². The van der Waals surface area contributed by atoms with E-state index in [4.69, 9.17) is 5.73 Å². The first-order valence-corrected chi connectivity index (χ1v) is 4.76. The Morgan fingerprint density at radius 3 is 2.31 bits per heavy atom. The summed E-state index contributed by atoms with van der Waals surface area (Å²) in [5.41, 5.74) is 5.80. The first-order chi connectivity index (χ1) is 6.06. The van der Waals surface area contributed by atoms with Gasteiger partial charge in [0.25, 0.3) is 6.43 Å². The fourth-order valence-electron chi connectivity index (χ4n) is 1.67. The first kappa shape index (κ1) is 10.9. The van der Waals surface area contributed by atoms with Crippen molar-refractivity contribution < 1.29 is 8.78 Å². The van der Waals surface area contributed by atoms with Crippen molar-refractivity contribution in [2.45, 2.75) is 26.2 Å². The third-order valence-corrected chi connectivity index (χ3v) is 2.95. The van der Waals surface area contributed by atoms with Crippen molar-refractivity contribution in [1.82, 2.24) is 4.90 Å². The second kappa shape index (κ2) is 4.33. The zero-order valence-corrected chi connectivity index (χ0v) is 8.10. The molecular weight excluding hydrogens is 174 g/mol. The zero-order chi connectivity index (χ0) is 9.90. The summed E-state index contributed by atoms with van der Waals surface area (Å²) < 4.78 is 24.1. The van der Waals surface area contributed by atoms with Gasteiger partial charge >= 0.3 is 0 Å². The summed E-state index contributed by atoms with van der Waals surface area (Å²) in [5.74, 6) is 0. The van der Waals surface area contributed by atoms with Gasteiger partial charge in [-0.05, 0) is 37.9 Å². The second-order valence-corrected chi connectivity index (χ2v) is 4.21. The molecule has 0 radical (unpaired) electrons. The van der Waals surface area contributed by atoms with Gasteiger partial charge in [0, 0.05) is 0 Å². The minimum Gasteiger partial charge on any atom is -0.330 e. The van der Waals surface area contributed by atoms with Gasteiger partial charge in [-0.2, -0.15) is 0 Å². The van der Waals surface area contributed by atoms with E-state index < -0.39 is 6.43 Å². The van der Waals surface area contributed by atoms with Crippen molar-refractivity contribution in [3.8, 4) is 0 Å². The maximum Gasteiger partial charge on any atom is 0.251 e. The molecule has 1 heterocycles. The second-order valence-electron chi connectivity index (χ2n) is 4.21. The number of rotatable bonds is 3. The van der Waals surface area contributed by atoms with Crippen LogP contribution in [0, 0.1) is 5.41 Å². The number of hydrogen-bond acceptors (Lipinski definition) is 2. The van der Waals surface area contributed by atoms with Gasteiger partial charge < -0.3 is 5.73 Å². The molecule has 1 saturated heterocycles. The van der Waals surface area contributed by atoms with Crippen LogP contribution in [0.15, 0.2) is 0 Å². The van der Waals surface area contributed by atoms with E-state index in [2.05, 4.69) is 6.92 Å². The number of halogens is 2. The van der Waals surface area contributed by atoms with E-state index in [1.807, 2.05) is 4.90 Å². The van der Waals surface area contributed by atoms with Gasteiger partial charge in [-0.1, -0.05) is 6.92 Å². The van der Waals surface area contributed by atoms with Crippen molar-refractivity contribution in [2.75, 3.05) is 26.2 Å². The lowest BCUT2D eigenvalue weighted by molar-refractivity contribution is 0.0514. The number of hydrogen-bond donors (Lipinski definition) is 1. The minimum absolute atomic E-state index is 0.0827. The van der Waals surface area contributed by atoms with Gasteiger partial charge in [-0.25, -0.2) is 8.78 Å². The van der Waals surface area contributed by atoms with Gasteiger partial charge in [0.05, 0.1) is 6.54 Å². The average molecular weight is 192 g/mol. The topological polar surface area (TPSA) is 29.3 Å². The third-order valence-electron chi connectivity index (χ3n) is 2.95. The summed E-state index contributed by atoms with van der Waals surface area (Å²) in [6.45, 7) is 4.24. The molecule has 1 aliphatic rings. The van der Waals surface area contributed by atoms with Gasteiger partial charge in [0.15, 0.2) is 0 Å². The van der Waals surface area contributed by atoms with E-state index in [0.29, 0.717) is 6.54 Å². The normalized spacial score (nSPS) is 23.8. The van der Waals surface area contributed by atoms with E-state index in [1.54, 1.807) is 0 Å². The summed E-state index contributed by atoms with van der Waals surface area (Å²) in [5, 5.41) is 0. The molecule has 0 aromatic rings. The fraction of sp³-hybridized carbons (Fsp3) is 1.00. The summed E-state index contributed by atoms with van der Waals surface area (Å²) in [6.07, 6.45) is -0.325. The molecule has 0 aliphatic carbocycles. The predicted molar refractivity (Wildman–Crippen MR) is 48.8 cm³/mol. The number of alkyl halides is 2. The van der Waals surface area contributed by atoms with Crippen molar-refractivity contribution in [1.29, 1.82) is 0 Å². The van der Waals surface area contributed by atoms with Gasteiger partial charge in [-0.15, -0.1) is 0 Å². The Hall–Kier alpha value is -0.220. The largest absolute Gasteiger partial charge is 0.330 e. The van der Waals surface area contributed by atoms with Crippen LogP contribution in [0.1, 0.15) is 19.8 Å². The van der Waals surface area contributed by atoms with E-state index in [-0.39, 0.29) is 12.0 Å². The Kier molecular flexibility index (Phi) is 3.62. The highest BCUT2D eigenvalue weighted by molar-refractivity contribution is 4.83. The number of likely N-dealkylation sites (tertiary alicyclic amines) is 1. The molecule has 1 aliphatic heterocycles. The van der Waals surface area contributed by atoms with Crippen LogP contribution in [0.4, 0.5) is 8.78 Å². The van der Waals surface area contributed by atoms with Crippen LogP contribution < -0.4 is 5.73 Å². The highest BCUT2D eigenvalue weighted by Crippen LogP contribution is 2.29. The Morgan fingerprint density at radius 2 is 1.92 bits per heavy atom. The first-order valence-electron chi connectivity index (χ1n) is 4.76. The van der Waals surface area contributed by atoms with Crippen molar-refractivity contribution >= 4 is 0 Å². The van der Waals surface area contributed by atoms with Gasteiger partial charge in [0.1, 0.15) is 0 Å². The lowest BCUT2D eigenvalue weighted by atomic mass is 9.80. The van der Waals surface area contributed by atoms with E-state index >= 15 is 0 Å². The van der Waals surface area contributed by atoms with Crippen LogP contribution >= 0.6 is 0 Å². The van der Waals surface area contributed by atoms with Crippen LogP contribution in [0.2, 0.25) is 0 Å². The van der Waals surface area contributed by atoms with E-state index in [9.17, 15) is 8.78 Å². The Labute approximate surface area is 78.1 Å². The van der Waals surface area contributed by atoms with Gasteiger partial charge in [-0.3, -0.25) is 4.90 Å². The number of nitrogens with zero attached hydrogens (tertiary/aromatic N) is 1. The Bertz CT molecular complexity index is 154. The number of piperidine rings is 1. The van der Waals surface area contributed by atoms with E-state index in [0.717, 1.165) is 25.9 Å². The quantitative estimate of drug-likeness (QED) is 0.730. The molecule has 0 amide bonds. The lowest BCUT2D eigenvalue weighted by Gasteiger charge is -2.38. The molecule has 78 valence electrons. The van der Waals surface area contributed by atoms with Crippen LogP contribution in [0.25, 0.3) is 0 Å². The molecule has 2 N–H and O–H groups in total. The average Bonchev–Trinajstić information content (AvgIpc) is 2.09. The smallest absolute Gasteiger partial charge is 0.251 e. The van der Waals surface area contributed by atoms with Crippen LogP contribution in [-0.2, 0) is 0 Å². The predicted octanol–water partition coefficient (Wildman–Crippen LogP) is 1.31. The SMILES string of the molecule is CC1(CN)CCN(CC(F)F)CC1. The van der Waals surface area contributed by atoms with E-state index in [1.165, 1.54) is 0 Å². The third kappa shape index (κ3) is 3.19. The molecule has 13 heavy (non-hydrogen) atoms. The summed E-state index contributed by atoms with van der Waals surface area (Å²) >= 11 is 0. The molecular formula is C9H18F2N2. The van der Waals surface area contributed by atoms with Crippen LogP contribution in [0.5, 0.6) is 0 Å². The molecule has 0 aromatic heterocycles. The molecule has 2 nitrogen and oxygen atoms in total. The summed E-state index contributed by atoms with van der Waals surface area (Å²) in [4.78, 5) is 1.82. The monoisotopic (exact) mass is 192 g/mol. The maximum absolute atomic E-state index is 12.0. The fourth-order valence-corrected chi connectivity index (χ4v) is 1.67. The molecule has 0 bridgehead atoms. The number of nitrogens with two attached hydrogens (primary N) is 1. The summed E-state index contributed by atoms with van der Waals surface area (Å²) in [6, 6.07) is 0. The zero-order valence-electron chi connectivity index (χ0n) is 8.10. The van der Waals surface area contributed by atoms with Crippen molar-refractivity contribution in [3.63, 3.8) is 0 Å². The Balaban J connectivity index is 2.30. The lowest BCUT2D eigenvalue weighted by Crippen LogP contribution is -2.43. The summed E-state index contributed by atoms with van der Waals surface area (Å²) in [7, 11) is 0. The van der Waals surface area contributed by atoms with Crippen molar-refractivity contribution in [2.24, 2.45) is 11.1 Å². The van der Waals surface area contributed by atoms with Crippen molar-refractivity contribution in [3.05, 3.63) is 0 Å². The molecule has 0 unspecified atom stereocenters. The minimum atomic E-state index is -2.21. The molecule has 0 atom stereocenters. The Morgan fingerprint density at radius 1 is 1.38 bits per heavy atom. The molecule has 1 fully saturated rings. The molecule has 0 saturated carbocycles. The van der Waals surface area contributed by atoms with Gasteiger partial charge in [0.2, 0.25) is 0 Å². The molecule has 4 heteroatoms. The highest BCUT2D eigenvalue weighted by atomic mass is 19.3. The van der Waals surface area contributed by atoms with Crippen LogP contribution in [-0.4, -0.2) is 37.5 Å².